The second-order valence-electron chi connectivity index (χ2n) is 7.26. The van der Waals surface area contributed by atoms with E-state index in [0.29, 0.717) is 29.5 Å². The minimum absolute atomic E-state index is 0.106. The Bertz CT molecular complexity index is 991. The Balaban J connectivity index is 1.23. The van der Waals surface area contributed by atoms with Gasteiger partial charge in [-0.3, -0.25) is 14.4 Å². The summed E-state index contributed by atoms with van der Waals surface area (Å²) in [6.07, 6.45) is 0.254. The topological polar surface area (TPSA) is 106 Å². The van der Waals surface area contributed by atoms with E-state index >= 15 is 0 Å². The van der Waals surface area contributed by atoms with E-state index in [2.05, 4.69) is 10.6 Å². The lowest BCUT2D eigenvalue weighted by Crippen LogP contribution is -2.34. The number of amides is 3. The maximum absolute atomic E-state index is 12.5. The molecule has 2 heterocycles. The molecule has 162 valence electrons. The molecule has 0 bridgehead atoms. The lowest BCUT2D eigenvalue weighted by Gasteiger charge is -2.17. The lowest BCUT2D eigenvalue weighted by atomic mass is 10.1. The number of hydrogen-bond acceptors (Lipinski definition) is 6. The first-order valence-corrected chi connectivity index (χ1v) is 9.95. The van der Waals surface area contributed by atoms with Crippen LogP contribution in [0.25, 0.3) is 0 Å². The molecule has 1 saturated heterocycles. The number of hydrogen-bond donors (Lipinski definition) is 2. The van der Waals surface area contributed by atoms with E-state index < -0.39 is 5.92 Å². The van der Waals surface area contributed by atoms with Crippen LogP contribution in [0, 0.1) is 5.92 Å². The summed E-state index contributed by atoms with van der Waals surface area (Å²) in [5.41, 5.74) is 1.32. The fourth-order valence-electron chi connectivity index (χ4n) is 3.54. The van der Waals surface area contributed by atoms with Crippen molar-refractivity contribution in [2.75, 3.05) is 37.2 Å². The fraction of sp³-hybridized carbons (Fsp3) is 0.318. The zero-order valence-electron chi connectivity index (χ0n) is 17.1. The van der Waals surface area contributed by atoms with Gasteiger partial charge in [-0.1, -0.05) is 0 Å². The number of benzene rings is 2. The van der Waals surface area contributed by atoms with Crippen LogP contribution in [0.4, 0.5) is 11.4 Å². The number of anilines is 2. The Hall–Kier alpha value is -3.75. The van der Waals surface area contributed by atoms with Gasteiger partial charge >= 0.3 is 0 Å². The number of carbonyl (C=O) groups is 3. The van der Waals surface area contributed by atoms with Crippen molar-refractivity contribution in [2.24, 2.45) is 5.92 Å². The number of nitrogens with zero attached hydrogens (tertiary/aromatic N) is 1. The summed E-state index contributed by atoms with van der Waals surface area (Å²) in [6.45, 7) is 0.654. The van der Waals surface area contributed by atoms with Gasteiger partial charge in [-0.15, -0.1) is 0 Å². The molecule has 0 spiro atoms. The Labute approximate surface area is 179 Å². The fourth-order valence-corrected chi connectivity index (χ4v) is 3.54. The molecule has 1 fully saturated rings. The predicted molar refractivity (Wildman–Crippen MR) is 112 cm³/mol. The van der Waals surface area contributed by atoms with Crippen molar-refractivity contribution in [3.8, 4) is 17.2 Å². The van der Waals surface area contributed by atoms with Crippen molar-refractivity contribution in [1.82, 2.24) is 5.32 Å². The standard InChI is InChI=1S/C22H23N3O6/c1-29-17-5-3-16(4-6-17)25-12-14(10-21(25)27)22(28)23-9-8-20(26)24-15-2-7-18-19(11-15)31-13-30-18/h2-7,11,14H,8-10,12-13H2,1H3,(H,23,28)(H,24,26)/t14-/m1/s1. The van der Waals surface area contributed by atoms with Crippen LogP contribution < -0.4 is 29.7 Å². The Morgan fingerprint density at radius 3 is 2.68 bits per heavy atom. The summed E-state index contributed by atoms with van der Waals surface area (Å²) in [5, 5.41) is 5.51. The van der Waals surface area contributed by atoms with Gasteiger partial charge in [-0.2, -0.15) is 0 Å². The average molecular weight is 425 g/mol. The molecule has 9 nitrogen and oxygen atoms in total. The third-order valence-corrected chi connectivity index (χ3v) is 5.19. The van der Waals surface area contributed by atoms with Gasteiger partial charge in [-0.05, 0) is 36.4 Å². The van der Waals surface area contributed by atoms with Crippen LogP contribution >= 0.6 is 0 Å². The van der Waals surface area contributed by atoms with Gasteiger partial charge in [0.25, 0.3) is 0 Å². The summed E-state index contributed by atoms with van der Waals surface area (Å²) in [5.74, 6) is 0.890. The minimum atomic E-state index is -0.452. The van der Waals surface area contributed by atoms with Crippen molar-refractivity contribution in [3.05, 3.63) is 42.5 Å². The molecule has 0 unspecified atom stereocenters. The van der Waals surface area contributed by atoms with E-state index in [1.165, 1.54) is 0 Å². The highest BCUT2D eigenvalue weighted by Gasteiger charge is 2.35. The summed E-state index contributed by atoms with van der Waals surface area (Å²) in [4.78, 5) is 38.5. The monoisotopic (exact) mass is 425 g/mol. The second-order valence-corrected chi connectivity index (χ2v) is 7.26. The maximum atomic E-state index is 12.5. The average Bonchev–Trinajstić information content (AvgIpc) is 3.40. The van der Waals surface area contributed by atoms with Crippen LogP contribution in [-0.4, -0.2) is 44.7 Å². The van der Waals surface area contributed by atoms with Gasteiger partial charge in [0.05, 0.1) is 13.0 Å². The van der Waals surface area contributed by atoms with Crippen molar-refractivity contribution >= 4 is 29.1 Å². The molecule has 4 rings (SSSR count). The minimum Gasteiger partial charge on any atom is -0.497 e. The van der Waals surface area contributed by atoms with Gasteiger partial charge in [-0.25, -0.2) is 0 Å². The highest BCUT2D eigenvalue weighted by atomic mass is 16.7. The van der Waals surface area contributed by atoms with E-state index in [4.69, 9.17) is 14.2 Å². The molecule has 2 aromatic rings. The first-order chi connectivity index (χ1) is 15.0. The van der Waals surface area contributed by atoms with Crippen molar-refractivity contribution in [1.29, 1.82) is 0 Å². The van der Waals surface area contributed by atoms with Crippen molar-refractivity contribution in [3.63, 3.8) is 0 Å². The van der Waals surface area contributed by atoms with E-state index in [9.17, 15) is 14.4 Å². The van der Waals surface area contributed by atoms with Crippen LogP contribution in [0.15, 0.2) is 42.5 Å². The number of ether oxygens (including phenoxy) is 3. The molecule has 0 aliphatic carbocycles. The van der Waals surface area contributed by atoms with Gasteiger partial charge in [0.2, 0.25) is 24.5 Å². The molecule has 0 aromatic heterocycles. The Morgan fingerprint density at radius 1 is 1.13 bits per heavy atom. The van der Waals surface area contributed by atoms with Gasteiger partial charge < -0.3 is 29.7 Å². The van der Waals surface area contributed by atoms with Crippen molar-refractivity contribution < 1.29 is 28.6 Å². The quantitative estimate of drug-likeness (QED) is 0.702. The SMILES string of the molecule is COc1ccc(N2C[C@H](C(=O)NCCC(=O)Nc3ccc4c(c3)OCO4)CC2=O)cc1. The molecule has 31 heavy (non-hydrogen) atoms. The summed E-state index contributed by atoms with van der Waals surface area (Å²) >= 11 is 0. The molecule has 2 aliphatic heterocycles. The number of fused-ring (bicyclic) bond motifs is 1. The van der Waals surface area contributed by atoms with Crippen LogP contribution in [0.3, 0.4) is 0 Å². The molecule has 0 radical (unpaired) electrons. The number of nitrogens with one attached hydrogen (secondary N) is 2. The Morgan fingerprint density at radius 2 is 1.90 bits per heavy atom. The number of rotatable bonds is 7. The summed E-state index contributed by atoms with van der Waals surface area (Å²) in [6, 6.07) is 12.3. The maximum Gasteiger partial charge on any atom is 0.231 e. The van der Waals surface area contributed by atoms with Gasteiger partial charge in [0.15, 0.2) is 11.5 Å². The molecule has 2 aliphatic rings. The van der Waals surface area contributed by atoms with Crippen LogP contribution in [0.1, 0.15) is 12.8 Å². The normalized spacial score (nSPS) is 16.9. The summed E-state index contributed by atoms with van der Waals surface area (Å²) in [7, 11) is 1.58. The predicted octanol–water partition coefficient (Wildman–Crippen LogP) is 1.92. The molecular formula is C22H23N3O6. The highest BCUT2D eigenvalue weighted by molar-refractivity contribution is 6.00. The molecule has 2 N–H and O–H groups in total. The molecule has 3 amide bonds. The zero-order chi connectivity index (χ0) is 21.8. The van der Waals surface area contributed by atoms with Gasteiger partial charge in [0.1, 0.15) is 5.75 Å². The zero-order valence-corrected chi connectivity index (χ0v) is 17.1. The summed E-state index contributed by atoms with van der Waals surface area (Å²) < 4.78 is 15.6. The number of methoxy groups -OCH3 is 1. The van der Waals surface area contributed by atoms with E-state index in [1.807, 2.05) is 0 Å². The second kappa shape index (κ2) is 8.95. The molecule has 0 saturated carbocycles. The third-order valence-electron chi connectivity index (χ3n) is 5.19. The number of carbonyl (C=O) groups excluding carboxylic acids is 3. The Kier molecular flexibility index (Phi) is 5.92. The molecule has 9 heteroatoms. The third kappa shape index (κ3) is 4.71. The van der Waals surface area contributed by atoms with Gasteiger partial charge in [0, 0.05) is 43.4 Å². The van der Waals surface area contributed by atoms with Crippen LogP contribution in [0.5, 0.6) is 17.2 Å². The smallest absolute Gasteiger partial charge is 0.231 e. The highest BCUT2D eigenvalue weighted by Crippen LogP contribution is 2.34. The van der Waals surface area contributed by atoms with E-state index in [-0.39, 0.29) is 43.9 Å². The van der Waals surface area contributed by atoms with Crippen molar-refractivity contribution in [2.45, 2.75) is 12.8 Å². The molecule has 2 aromatic carbocycles. The first-order valence-electron chi connectivity index (χ1n) is 9.95. The largest absolute Gasteiger partial charge is 0.497 e. The van der Waals surface area contributed by atoms with Crippen LogP contribution in [0.2, 0.25) is 0 Å². The van der Waals surface area contributed by atoms with E-state index in [0.717, 1.165) is 5.69 Å². The van der Waals surface area contributed by atoms with Crippen LogP contribution in [-0.2, 0) is 14.4 Å². The molecular weight excluding hydrogens is 402 g/mol. The van der Waals surface area contributed by atoms with E-state index in [1.54, 1.807) is 54.5 Å². The first kappa shape index (κ1) is 20.5. The molecule has 1 atom stereocenters. The lowest BCUT2D eigenvalue weighted by molar-refractivity contribution is -0.126.